The van der Waals surface area contributed by atoms with Crippen LogP contribution in [-0.2, 0) is 11.2 Å². The fraction of sp³-hybridized carbons (Fsp3) is 0.238. The summed E-state index contributed by atoms with van der Waals surface area (Å²) >= 11 is 1.38. The Morgan fingerprint density at radius 3 is 2.48 bits per heavy atom. The minimum absolute atomic E-state index is 0.0936. The molecule has 1 amide bonds. The molecule has 0 atom stereocenters. The van der Waals surface area contributed by atoms with E-state index in [1.165, 1.54) is 35.7 Å². The van der Waals surface area contributed by atoms with Crippen LogP contribution in [0.2, 0.25) is 0 Å². The van der Waals surface area contributed by atoms with E-state index in [2.05, 4.69) is 29.4 Å². The molecule has 0 saturated carbocycles. The number of amidine groups is 1. The molecule has 0 radical (unpaired) electrons. The average Bonchev–Trinajstić information content (AvgIpc) is 2.95. The monoisotopic (exact) mass is 350 g/mol. The normalized spacial score (nSPS) is 17.3. The van der Waals surface area contributed by atoms with Gasteiger partial charge in [0, 0.05) is 0 Å². The molecular weight excluding hydrogens is 328 g/mol. The fourth-order valence-corrected chi connectivity index (χ4v) is 3.37. The fourth-order valence-electron chi connectivity index (χ4n) is 2.53. The summed E-state index contributed by atoms with van der Waals surface area (Å²) in [6, 6.07) is 16.3. The van der Waals surface area contributed by atoms with E-state index in [1.54, 1.807) is 0 Å². The van der Waals surface area contributed by atoms with Crippen LogP contribution in [0.15, 0.2) is 58.4 Å². The molecule has 0 aliphatic carbocycles. The van der Waals surface area contributed by atoms with Crippen molar-refractivity contribution in [1.82, 2.24) is 5.32 Å². The smallest absolute Gasteiger partial charge is 0.264 e. The van der Waals surface area contributed by atoms with Crippen molar-refractivity contribution < 1.29 is 4.79 Å². The third-order valence-corrected chi connectivity index (χ3v) is 4.92. The molecule has 0 aromatic heterocycles. The molecule has 3 rings (SSSR count). The first-order valence-electron chi connectivity index (χ1n) is 8.59. The van der Waals surface area contributed by atoms with E-state index in [1.807, 2.05) is 49.4 Å². The van der Waals surface area contributed by atoms with Crippen LogP contribution in [0.25, 0.3) is 6.08 Å². The first-order valence-corrected chi connectivity index (χ1v) is 9.41. The molecule has 2 aromatic rings. The number of nitrogens with zero attached hydrogens (tertiary/aromatic N) is 1. The number of carbonyl (C=O) groups is 1. The quantitative estimate of drug-likeness (QED) is 0.750. The van der Waals surface area contributed by atoms with Gasteiger partial charge in [-0.1, -0.05) is 55.3 Å². The van der Waals surface area contributed by atoms with E-state index in [0.29, 0.717) is 10.1 Å². The maximum atomic E-state index is 12.1. The predicted molar refractivity (Wildman–Crippen MR) is 107 cm³/mol. The van der Waals surface area contributed by atoms with Crippen molar-refractivity contribution in [2.24, 2.45) is 4.99 Å². The SMILES string of the molecule is CCCCc1ccc(N=C2NC(=O)C(=Cc3ccc(C)cc3)S2)cc1. The molecule has 1 fully saturated rings. The van der Waals surface area contributed by atoms with Gasteiger partial charge in [0.05, 0.1) is 10.6 Å². The minimum atomic E-state index is -0.0936. The molecule has 3 nitrogen and oxygen atoms in total. The molecule has 2 aromatic carbocycles. The predicted octanol–water partition coefficient (Wildman–Crippen LogP) is 5.23. The largest absolute Gasteiger partial charge is 0.300 e. The summed E-state index contributed by atoms with van der Waals surface area (Å²) in [6.45, 7) is 4.24. The highest BCUT2D eigenvalue weighted by molar-refractivity contribution is 8.18. The molecular formula is C21H22N2OS. The maximum Gasteiger partial charge on any atom is 0.264 e. The first-order chi connectivity index (χ1) is 12.1. The Morgan fingerprint density at radius 1 is 1.08 bits per heavy atom. The summed E-state index contributed by atoms with van der Waals surface area (Å²) in [4.78, 5) is 17.3. The first kappa shape index (κ1) is 17.5. The molecule has 0 unspecified atom stereocenters. The average molecular weight is 350 g/mol. The van der Waals surface area contributed by atoms with E-state index in [9.17, 15) is 4.79 Å². The second-order valence-electron chi connectivity index (χ2n) is 6.16. The number of amides is 1. The lowest BCUT2D eigenvalue weighted by Gasteiger charge is -2.01. The highest BCUT2D eigenvalue weighted by Gasteiger charge is 2.23. The molecule has 4 heteroatoms. The second kappa shape index (κ2) is 8.17. The van der Waals surface area contributed by atoms with Crippen molar-refractivity contribution >= 4 is 34.6 Å². The van der Waals surface area contributed by atoms with Gasteiger partial charge in [-0.15, -0.1) is 0 Å². The number of hydrogen-bond acceptors (Lipinski definition) is 3. The van der Waals surface area contributed by atoms with Crippen LogP contribution in [0.3, 0.4) is 0 Å². The minimum Gasteiger partial charge on any atom is -0.300 e. The third-order valence-electron chi connectivity index (χ3n) is 4.01. The molecule has 1 aliphatic heterocycles. The van der Waals surface area contributed by atoms with Crippen LogP contribution >= 0.6 is 11.8 Å². The van der Waals surface area contributed by atoms with Crippen molar-refractivity contribution in [3.05, 3.63) is 70.1 Å². The summed E-state index contributed by atoms with van der Waals surface area (Å²) in [5.74, 6) is -0.0936. The standard InChI is InChI=1S/C21H22N2OS/c1-3-4-5-16-10-12-18(13-11-16)22-21-23-20(24)19(25-21)14-17-8-6-15(2)7-9-17/h6-14H,3-5H2,1-2H3,(H,22,23,24). The van der Waals surface area contributed by atoms with Crippen molar-refractivity contribution in [2.45, 2.75) is 33.1 Å². The van der Waals surface area contributed by atoms with Crippen LogP contribution in [0.4, 0.5) is 5.69 Å². The zero-order valence-electron chi connectivity index (χ0n) is 14.6. The highest BCUT2D eigenvalue weighted by Crippen LogP contribution is 2.28. The van der Waals surface area contributed by atoms with Crippen LogP contribution in [-0.4, -0.2) is 11.1 Å². The van der Waals surface area contributed by atoms with Gasteiger partial charge >= 0.3 is 0 Å². The molecule has 0 bridgehead atoms. The van der Waals surface area contributed by atoms with Crippen molar-refractivity contribution in [3.63, 3.8) is 0 Å². The second-order valence-corrected chi connectivity index (χ2v) is 7.19. The third kappa shape index (κ3) is 4.83. The summed E-state index contributed by atoms with van der Waals surface area (Å²) in [5.41, 5.74) is 4.41. The van der Waals surface area contributed by atoms with Crippen molar-refractivity contribution in [2.75, 3.05) is 0 Å². The molecule has 128 valence electrons. The summed E-state index contributed by atoms with van der Waals surface area (Å²) < 4.78 is 0. The van der Waals surface area contributed by atoms with E-state index < -0.39 is 0 Å². The molecule has 0 spiro atoms. The van der Waals surface area contributed by atoms with Gasteiger partial charge in [-0.3, -0.25) is 4.79 Å². The number of thioether (sulfide) groups is 1. The number of unbranched alkanes of at least 4 members (excludes halogenated alkanes) is 1. The Balaban J connectivity index is 1.71. The van der Waals surface area contributed by atoms with Crippen LogP contribution < -0.4 is 5.32 Å². The Morgan fingerprint density at radius 2 is 1.80 bits per heavy atom. The molecule has 25 heavy (non-hydrogen) atoms. The Bertz CT molecular complexity index is 805. The van der Waals surface area contributed by atoms with Gasteiger partial charge in [0.2, 0.25) is 0 Å². The highest BCUT2D eigenvalue weighted by atomic mass is 32.2. The lowest BCUT2D eigenvalue weighted by Crippen LogP contribution is -2.19. The number of aliphatic imine (C=N–C) groups is 1. The maximum absolute atomic E-state index is 12.1. The Labute approximate surface area is 153 Å². The molecule has 1 N–H and O–H groups in total. The zero-order chi connectivity index (χ0) is 17.6. The zero-order valence-corrected chi connectivity index (χ0v) is 15.4. The van der Waals surface area contributed by atoms with Gasteiger partial charge in [-0.25, -0.2) is 4.99 Å². The van der Waals surface area contributed by atoms with Gasteiger partial charge < -0.3 is 5.32 Å². The number of hydrogen-bond donors (Lipinski definition) is 1. The Hall–Kier alpha value is -2.33. The van der Waals surface area contributed by atoms with Gasteiger partial charge in [0.15, 0.2) is 5.17 Å². The molecule has 1 aliphatic rings. The van der Waals surface area contributed by atoms with Gasteiger partial charge in [0.1, 0.15) is 0 Å². The van der Waals surface area contributed by atoms with Crippen LogP contribution in [0.1, 0.15) is 36.5 Å². The number of carbonyl (C=O) groups excluding carboxylic acids is 1. The van der Waals surface area contributed by atoms with Crippen LogP contribution in [0.5, 0.6) is 0 Å². The van der Waals surface area contributed by atoms with Gasteiger partial charge in [-0.05, 0) is 60.9 Å². The van der Waals surface area contributed by atoms with E-state index >= 15 is 0 Å². The molecule has 1 heterocycles. The number of benzene rings is 2. The van der Waals surface area contributed by atoms with Crippen LogP contribution in [0, 0.1) is 6.92 Å². The van der Waals surface area contributed by atoms with E-state index in [4.69, 9.17) is 0 Å². The lowest BCUT2D eigenvalue weighted by molar-refractivity contribution is -0.115. The summed E-state index contributed by atoms with van der Waals surface area (Å²) in [5, 5.41) is 3.47. The lowest BCUT2D eigenvalue weighted by atomic mass is 10.1. The van der Waals surface area contributed by atoms with E-state index in [0.717, 1.165) is 17.7 Å². The Kier molecular flexibility index (Phi) is 5.71. The summed E-state index contributed by atoms with van der Waals surface area (Å²) in [6.07, 6.45) is 5.40. The number of rotatable bonds is 5. The number of aryl methyl sites for hydroxylation is 2. The van der Waals surface area contributed by atoms with Gasteiger partial charge in [-0.2, -0.15) is 0 Å². The molecule has 1 saturated heterocycles. The van der Waals surface area contributed by atoms with Crippen molar-refractivity contribution in [1.29, 1.82) is 0 Å². The number of nitrogens with one attached hydrogen (secondary N) is 1. The topological polar surface area (TPSA) is 41.5 Å². The van der Waals surface area contributed by atoms with Crippen molar-refractivity contribution in [3.8, 4) is 0 Å². The summed E-state index contributed by atoms with van der Waals surface area (Å²) in [7, 11) is 0. The van der Waals surface area contributed by atoms with E-state index in [-0.39, 0.29) is 5.91 Å². The van der Waals surface area contributed by atoms with Gasteiger partial charge in [0.25, 0.3) is 5.91 Å².